The molecule has 7 heteroatoms. The number of amides is 2. The average molecular weight is 318 g/mol. The van der Waals surface area contributed by atoms with Gasteiger partial charge in [0.1, 0.15) is 0 Å². The van der Waals surface area contributed by atoms with Crippen LogP contribution in [-0.2, 0) is 15.6 Å². The second-order valence-electron chi connectivity index (χ2n) is 6.07. The number of aliphatic carboxylic acids is 1. The first-order valence-corrected chi connectivity index (χ1v) is 8.96. The zero-order valence-electron chi connectivity index (χ0n) is 12.8. The first-order valence-electron chi connectivity index (χ1n) is 7.48. The van der Waals surface area contributed by atoms with Crippen LogP contribution in [0.25, 0.3) is 0 Å². The lowest BCUT2D eigenvalue weighted by molar-refractivity contribution is -0.138. The lowest BCUT2D eigenvalue weighted by Crippen LogP contribution is -2.46. The topological polar surface area (TPSA) is 95.5 Å². The fourth-order valence-electron chi connectivity index (χ4n) is 2.56. The maximum Gasteiger partial charge on any atom is 0.315 e. The predicted octanol–water partition coefficient (Wildman–Crippen LogP) is 1.33. The van der Waals surface area contributed by atoms with E-state index < -0.39 is 16.8 Å². The summed E-state index contributed by atoms with van der Waals surface area (Å²) in [5, 5.41) is 14.5. The third kappa shape index (κ3) is 8.04. The number of carbonyl (C=O) groups is 2. The van der Waals surface area contributed by atoms with E-state index in [1.54, 1.807) is 0 Å². The highest BCUT2D eigenvalue weighted by molar-refractivity contribution is 7.85. The number of hydrogen-bond donors (Lipinski definition) is 3. The first kappa shape index (κ1) is 17.9. The van der Waals surface area contributed by atoms with Gasteiger partial charge in [-0.3, -0.25) is 9.00 Å². The van der Waals surface area contributed by atoms with Crippen LogP contribution in [-0.4, -0.2) is 45.4 Å². The highest BCUT2D eigenvalue weighted by atomic mass is 32.2. The van der Waals surface area contributed by atoms with Crippen LogP contribution in [0.3, 0.4) is 0 Å². The van der Waals surface area contributed by atoms with Crippen LogP contribution in [0.1, 0.15) is 39.5 Å². The van der Waals surface area contributed by atoms with Gasteiger partial charge in [0.15, 0.2) is 0 Å². The van der Waals surface area contributed by atoms with Crippen molar-refractivity contribution in [1.29, 1.82) is 0 Å². The van der Waals surface area contributed by atoms with E-state index in [1.165, 1.54) is 0 Å². The van der Waals surface area contributed by atoms with E-state index in [4.69, 9.17) is 5.11 Å². The Balaban J connectivity index is 2.31. The summed E-state index contributed by atoms with van der Waals surface area (Å²) in [4.78, 5) is 22.6. The van der Waals surface area contributed by atoms with Gasteiger partial charge in [-0.25, -0.2) is 4.79 Å². The molecule has 1 saturated heterocycles. The van der Waals surface area contributed by atoms with Gasteiger partial charge in [0, 0.05) is 41.3 Å². The fraction of sp³-hybridized carbons (Fsp3) is 0.857. The maximum atomic E-state index is 11.8. The van der Waals surface area contributed by atoms with Crippen molar-refractivity contribution in [3.63, 3.8) is 0 Å². The van der Waals surface area contributed by atoms with Gasteiger partial charge in [0.05, 0.1) is 0 Å². The molecule has 0 bridgehead atoms. The Bertz CT molecular complexity index is 377. The van der Waals surface area contributed by atoms with Crippen molar-refractivity contribution in [3.8, 4) is 0 Å². The van der Waals surface area contributed by atoms with Crippen molar-refractivity contribution in [1.82, 2.24) is 10.6 Å². The second-order valence-corrected chi connectivity index (χ2v) is 7.77. The quantitative estimate of drug-likeness (QED) is 0.660. The van der Waals surface area contributed by atoms with Gasteiger partial charge in [-0.1, -0.05) is 13.8 Å². The molecule has 1 atom stereocenters. The molecule has 0 aromatic heterocycles. The molecule has 1 heterocycles. The van der Waals surface area contributed by atoms with Crippen molar-refractivity contribution in [2.45, 2.75) is 45.6 Å². The third-order valence-electron chi connectivity index (χ3n) is 3.54. The number of rotatable bonds is 7. The maximum absolute atomic E-state index is 11.8. The summed E-state index contributed by atoms with van der Waals surface area (Å²) in [7, 11) is -0.737. The van der Waals surface area contributed by atoms with E-state index in [2.05, 4.69) is 10.6 Å². The smallest absolute Gasteiger partial charge is 0.315 e. The van der Waals surface area contributed by atoms with Crippen molar-refractivity contribution >= 4 is 22.8 Å². The largest absolute Gasteiger partial charge is 0.481 e. The van der Waals surface area contributed by atoms with Gasteiger partial charge in [0.2, 0.25) is 0 Å². The van der Waals surface area contributed by atoms with E-state index in [-0.39, 0.29) is 24.4 Å². The monoisotopic (exact) mass is 318 g/mol. The normalized spacial score (nSPS) is 23.6. The zero-order chi connectivity index (χ0) is 15.8. The fourth-order valence-corrected chi connectivity index (χ4v) is 3.86. The molecule has 1 rings (SSSR count). The molecule has 2 amide bonds. The number of carboxylic acids is 1. The summed E-state index contributed by atoms with van der Waals surface area (Å²) in [5.41, 5.74) is 0. The Morgan fingerprint density at radius 2 is 1.90 bits per heavy atom. The van der Waals surface area contributed by atoms with Crippen molar-refractivity contribution in [2.24, 2.45) is 11.8 Å². The van der Waals surface area contributed by atoms with Gasteiger partial charge >= 0.3 is 12.0 Å². The van der Waals surface area contributed by atoms with Crippen LogP contribution in [0.5, 0.6) is 0 Å². The highest BCUT2D eigenvalue weighted by Crippen LogP contribution is 2.15. The van der Waals surface area contributed by atoms with Gasteiger partial charge in [-0.2, -0.15) is 0 Å². The van der Waals surface area contributed by atoms with Gasteiger partial charge in [-0.05, 0) is 31.1 Å². The Labute approximate surface area is 128 Å². The molecular weight excluding hydrogens is 292 g/mol. The van der Waals surface area contributed by atoms with Gasteiger partial charge < -0.3 is 15.7 Å². The van der Waals surface area contributed by atoms with E-state index in [0.717, 1.165) is 19.3 Å². The summed E-state index contributed by atoms with van der Waals surface area (Å²) in [6, 6.07) is -0.183. The molecule has 0 aliphatic carbocycles. The summed E-state index contributed by atoms with van der Waals surface area (Å²) in [5.74, 6) is 0.789. The van der Waals surface area contributed by atoms with Crippen LogP contribution in [0.4, 0.5) is 4.79 Å². The minimum atomic E-state index is -0.836. The molecule has 3 N–H and O–H groups in total. The molecule has 0 saturated carbocycles. The molecule has 0 aromatic carbocycles. The number of carboxylic acid groups (broad SMARTS) is 1. The number of carbonyl (C=O) groups excluding carboxylic acids is 1. The molecule has 0 radical (unpaired) electrons. The minimum Gasteiger partial charge on any atom is -0.481 e. The molecule has 1 unspecified atom stereocenters. The highest BCUT2D eigenvalue weighted by Gasteiger charge is 2.20. The summed E-state index contributed by atoms with van der Waals surface area (Å²) in [6.45, 7) is 4.45. The SMILES string of the molecule is CC(C)CC(CNC(=O)NC1CCS(=O)CC1)CC(=O)O. The number of urea groups is 1. The Morgan fingerprint density at radius 1 is 1.29 bits per heavy atom. The second kappa shape index (κ2) is 9.02. The van der Waals surface area contributed by atoms with E-state index >= 15 is 0 Å². The molecule has 0 spiro atoms. The lowest BCUT2D eigenvalue weighted by Gasteiger charge is -2.24. The van der Waals surface area contributed by atoms with Crippen molar-refractivity contribution < 1.29 is 18.9 Å². The molecule has 1 fully saturated rings. The molecule has 6 nitrogen and oxygen atoms in total. The molecule has 0 aromatic rings. The van der Waals surface area contributed by atoms with Crippen molar-refractivity contribution in [3.05, 3.63) is 0 Å². The third-order valence-corrected chi connectivity index (χ3v) is 4.92. The summed E-state index contributed by atoms with van der Waals surface area (Å²) in [6.07, 6.45) is 2.32. The number of nitrogens with one attached hydrogen (secondary N) is 2. The zero-order valence-corrected chi connectivity index (χ0v) is 13.6. The molecule has 122 valence electrons. The average Bonchev–Trinajstić information content (AvgIpc) is 2.37. The Hall–Kier alpha value is -1.11. The standard InChI is InChI=1S/C14H26N2O4S/c1-10(2)7-11(8-13(17)18)9-15-14(19)16-12-3-5-21(20)6-4-12/h10-12H,3-9H2,1-2H3,(H,17,18)(H2,15,16,19). The van der Waals surface area contributed by atoms with Crippen LogP contribution in [0, 0.1) is 11.8 Å². The predicted molar refractivity (Wildman–Crippen MR) is 82.6 cm³/mol. The Kier molecular flexibility index (Phi) is 7.71. The van der Waals surface area contributed by atoms with Crippen LogP contribution in [0.15, 0.2) is 0 Å². The molecule has 21 heavy (non-hydrogen) atoms. The number of hydrogen-bond acceptors (Lipinski definition) is 3. The van der Waals surface area contributed by atoms with E-state index in [1.807, 2.05) is 13.8 Å². The van der Waals surface area contributed by atoms with Crippen LogP contribution >= 0.6 is 0 Å². The first-order chi connectivity index (χ1) is 9.86. The van der Waals surface area contributed by atoms with Crippen LogP contribution in [0.2, 0.25) is 0 Å². The Morgan fingerprint density at radius 3 is 2.43 bits per heavy atom. The summed E-state index contributed by atoms with van der Waals surface area (Å²) < 4.78 is 11.2. The van der Waals surface area contributed by atoms with Crippen molar-refractivity contribution in [2.75, 3.05) is 18.1 Å². The minimum absolute atomic E-state index is 0.0490. The molecule has 1 aliphatic heterocycles. The molecular formula is C14H26N2O4S. The van der Waals surface area contributed by atoms with Gasteiger partial charge in [0.25, 0.3) is 0 Å². The molecule has 1 aliphatic rings. The van der Waals surface area contributed by atoms with Crippen LogP contribution < -0.4 is 10.6 Å². The van der Waals surface area contributed by atoms with Gasteiger partial charge in [-0.15, -0.1) is 0 Å². The summed E-state index contributed by atoms with van der Waals surface area (Å²) >= 11 is 0. The van der Waals surface area contributed by atoms with E-state index in [9.17, 15) is 13.8 Å². The van der Waals surface area contributed by atoms with E-state index in [0.29, 0.717) is 24.0 Å². The lowest BCUT2D eigenvalue weighted by atomic mass is 9.94.